The molecule has 7 nitrogen and oxygen atoms in total. The zero-order chi connectivity index (χ0) is 15.5. The van der Waals surface area contributed by atoms with Crippen LogP contribution in [-0.2, 0) is 16.6 Å². The van der Waals surface area contributed by atoms with Crippen molar-refractivity contribution in [2.24, 2.45) is 0 Å². The number of nitrogens with zero attached hydrogens (tertiary/aromatic N) is 1. The smallest absolute Gasteiger partial charge is 0.279 e. The first-order chi connectivity index (χ1) is 9.97. The molecule has 2 rings (SSSR count). The lowest BCUT2D eigenvalue weighted by molar-refractivity contribution is 0.278. The number of nitrogens with one attached hydrogen (secondary N) is 2. The summed E-state index contributed by atoms with van der Waals surface area (Å²) in [5.74, 6) is -0.637. The maximum absolute atomic E-state index is 13.7. The Balaban J connectivity index is 2.27. The number of ether oxygens (including phenoxy) is 1. The van der Waals surface area contributed by atoms with Crippen LogP contribution in [0.5, 0.6) is 5.75 Å². The highest BCUT2D eigenvalue weighted by Crippen LogP contribution is 2.23. The van der Waals surface area contributed by atoms with Crippen molar-refractivity contribution in [2.75, 3.05) is 11.3 Å². The molecule has 2 aromatic rings. The molecule has 3 N–H and O–H groups in total. The lowest BCUT2D eigenvalue weighted by Crippen LogP contribution is -2.15. The number of hydrogen-bond acceptors (Lipinski definition) is 5. The molecule has 1 heterocycles. The maximum Gasteiger partial charge on any atom is 0.279 e. The number of halogens is 1. The van der Waals surface area contributed by atoms with Gasteiger partial charge in [-0.25, -0.2) is 4.39 Å². The van der Waals surface area contributed by atoms with E-state index in [0.29, 0.717) is 6.61 Å². The van der Waals surface area contributed by atoms with Crippen molar-refractivity contribution in [3.63, 3.8) is 0 Å². The Morgan fingerprint density at radius 2 is 2.24 bits per heavy atom. The van der Waals surface area contributed by atoms with E-state index in [4.69, 9.17) is 9.84 Å². The summed E-state index contributed by atoms with van der Waals surface area (Å²) in [5, 5.41) is 14.6. The number of rotatable bonds is 6. The minimum Gasteiger partial charge on any atom is -0.491 e. The molecule has 0 bridgehead atoms. The van der Waals surface area contributed by atoms with E-state index < -0.39 is 22.4 Å². The van der Waals surface area contributed by atoms with Gasteiger partial charge in [0.25, 0.3) is 10.0 Å². The zero-order valence-electron chi connectivity index (χ0n) is 11.1. The number of aromatic nitrogens is 2. The summed E-state index contributed by atoms with van der Waals surface area (Å²) in [6.07, 6.45) is 1.20. The average molecular weight is 315 g/mol. The third kappa shape index (κ3) is 3.31. The second kappa shape index (κ2) is 6.10. The predicted octanol–water partition coefficient (Wildman–Crippen LogP) is 1.24. The fourth-order valence-electron chi connectivity index (χ4n) is 1.69. The monoisotopic (exact) mass is 315 g/mol. The second-order valence-corrected chi connectivity index (χ2v) is 5.69. The number of aromatic amines is 1. The van der Waals surface area contributed by atoms with Crippen LogP contribution in [0.1, 0.15) is 12.5 Å². The lowest BCUT2D eigenvalue weighted by Gasteiger charge is -2.09. The SMILES string of the molecule is CCOc1ccc(NS(=O)(=O)c2[nH]ncc2CO)cc1F. The number of hydrogen-bond donors (Lipinski definition) is 3. The number of benzene rings is 1. The molecule has 1 aromatic heterocycles. The van der Waals surface area contributed by atoms with Gasteiger partial charge < -0.3 is 9.84 Å². The topological polar surface area (TPSA) is 104 Å². The molecule has 0 saturated carbocycles. The van der Waals surface area contributed by atoms with Crippen molar-refractivity contribution >= 4 is 15.7 Å². The van der Waals surface area contributed by atoms with Crippen molar-refractivity contribution in [1.82, 2.24) is 10.2 Å². The van der Waals surface area contributed by atoms with Gasteiger partial charge in [-0.2, -0.15) is 13.5 Å². The first kappa shape index (κ1) is 15.3. The van der Waals surface area contributed by atoms with Crippen LogP contribution in [-0.4, -0.2) is 30.3 Å². The number of sulfonamides is 1. The van der Waals surface area contributed by atoms with Crippen molar-refractivity contribution in [2.45, 2.75) is 18.6 Å². The van der Waals surface area contributed by atoms with Gasteiger partial charge in [0.05, 0.1) is 25.1 Å². The molecule has 0 aliphatic rings. The Labute approximate surface area is 120 Å². The molecule has 0 aliphatic carbocycles. The summed E-state index contributed by atoms with van der Waals surface area (Å²) < 4.78 is 45.1. The van der Waals surface area contributed by atoms with Crippen LogP contribution in [0.3, 0.4) is 0 Å². The minimum atomic E-state index is -3.99. The summed E-state index contributed by atoms with van der Waals surface area (Å²) >= 11 is 0. The van der Waals surface area contributed by atoms with E-state index in [9.17, 15) is 12.8 Å². The third-order valence-corrected chi connectivity index (χ3v) is 4.00. The Morgan fingerprint density at radius 1 is 1.48 bits per heavy atom. The number of aliphatic hydroxyl groups is 1. The quantitative estimate of drug-likeness (QED) is 0.744. The summed E-state index contributed by atoms with van der Waals surface area (Å²) in [6.45, 7) is 1.53. The maximum atomic E-state index is 13.7. The Kier molecular flexibility index (Phi) is 4.43. The largest absolute Gasteiger partial charge is 0.491 e. The first-order valence-electron chi connectivity index (χ1n) is 6.06. The Morgan fingerprint density at radius 3 is 2.86 bits per heavy atom. The molecular weight excluding hydrogens is 301 g/mol. The van der Waals surface area contributed by atoms with Crippen molar-refractivity contribution in [3.8, 4) is 5.75 Å². The fourth-order valence-corrected chi connectivity index (χ4v) is 2.86. The molecule has 0 spiro atoms. The lowest BCUT2D eigenvalue weighted by atomic mass is 10.3. The predicted molar refractivity (Wildman–Crippen MR) is 72.9 cm³/mol. The minimum absolute atomic E-state index is 0.0365. The summed E-state index contributed by atoms with van der Waals surface area (Å²) in [6, 6.07) is 3.72. The van der Waals surface area contributed by atoms with Gasteiger partial charge in [-0.1, -0.05) is 0 Å². The number of anilines is 1. The Bertz CT molecular complexity index is 730. The van der Waals surface area contributed by atoms with Crippen LogP contribution < -0.4 is 9.46 Å². The highest BCUT2D eigenvalue weighted by Gasteiger charge is 2.21. The van der Waals surface area contributed by atoms with E-state index in [-0.39, 0.29) is 22.0 Å². The van der Waals surface area contributed by atoms with Gasteiger partial charge in [-0.3, -0.25) is 9.82 Å². The number of aliphatic hydroxyl groups excluding tert-OH is 1. The van der Waals surface area contributed by atoms with Gasteiger partial charge in [0.15, 0.2) is 16.6 Å². The average Bonchev–Trinajstić information content (AvgIpc) is 2.91. The first-order valence-corrected chi connectivity index (χ1v) is 7.54. The highest BCUT2D eigenvalue weighted by atomic mass is 32.2. The highest BCUT2D eigenvalue weighted by molar-refractivity contribution is 7.92. The second-order valence-electron chi connectivity index (χ2n) is 4.07. The fraction of sp³-hybridized carbons (Fsp3) is 0.250. The van der Waals surface area contributed by atoms with Gasteiger partial charge in [-0.15, -0.1) is 0 Å². The molecule has 1 aromatic carbocycles. The van der Waals surface area contributed by atoms with Crippen LogP contribution in [0.25, 0.3) is 0 Å². The zero-order valence-corrected chi connectivity index (χ0v) is 11.9. The van der Waals surface area contributed by atoms with Gasteiger partial charge in [0, 0.05) is 11.6 Å². The van der Waals surface area contributed by atoms with E-state index in [0.717, 1.165) is 6.07 Å². The Hall–Kier alpha value is -2.13. The van der Waals surface area contributed by atoms with E-state index in [1.54, 1.807) is 6.92 Å². The number of H-pyrrole nitrogens is 1. The standard InChI is InChI=1S/C12H14FN3O4S/c1-2-20-11-4-3-9(5-10(11)13)16-21(18,19)12-8(7-17)6-14-15-12/h3-6,16-17H,2,7H2,1H3,(H,14,15). The summed E-state index contributed by atoms with van der Waals surface area (Å²) in [4.78, 5) is 0. The third-order valence-electron chi connectivity index (χ3n) is 2.60. The van der Waals surface area contributed by atoms with Crippen LogP contribution in [0.2, 0.25) is 0 Å². The molecule has 0 unspecified atom stereocenters. The normalized spacial score (nSPS) is 11.4. The molecular formula is C12H14FN3O4S. The van der Waals surface area contributed by atoms with Gasteiger partial charge in [0.2, 0.25) is 0 Å². The van der Waals surface area contributed by atoms with Gasteiger partial charge >= 0.3 is 0 Å². The molecule has 0 radical (unpaired) electrons. The molecule has 21 heavy (non-hydrogen) atoms. The van der Waals surface area contributed by atoms with Crippen LogP contribution in [0, 0.1) is 5.82 Å². The summed E-state index contributed by atoms with van der Waals surface area (Å²) in [7, 11) is -3.99. The van der Waals surface area contributed by atoms with Gasteiger partial charge in [-0.05, 0) is 19.1 Å². The van der Waals surface area contributed by atoms with E-state index >= 15 is 0 Å². The molecule has 0 atom stereocenters. The van der Waals surface area contributed by atoms with Crippen LogP contribution in [0.15, 0.2) is 29.4 Å². The van der Waals surface area contributed by atoms with Crippen LogP contribution >= 0.6 is 0 Å². The van der Waals surface area contributed by atoms with E-state index in [1.807, 2.05) is 0 Å². The molecule has 0 aliphatic heterocycles. The summed E-state index contributed by atoms with van der Waals surface area (Å²) in [5.41, 5.74) is 0.156. The van der Waals surface area contributed by atoms with Crippen molar-refractivity contribution in [1.29, 1.82) is 0 Å². The molecule has 0 saturated heterocycles. The van der Waals surface area contributed by atoms with Crippen molar-refractivity contribution < 1.29 is 22.7 Å². The van der Waals surface area contributed by atoms with Crippen molar-refractivity contribution in [3.05, 3.63) is 35.8 Å². The van der Waals surface area contributed by atoms with E-state index in [1.165, 1.54) is 18.3 Å². The molecule has 9 heteroatoms. The molecule has 0 fully saturated rings. The van der Waals surface area contributed by atoms with Gasteiger partial charge in [0.1, 0.15) is 0 Å². The molecule has 0 amide bonds. The van der Waals surface area contributed by atoms with E-state index in [2.05, 4.69) is 14.9 Å². The molecule has 114 valence electrons. The van der Waals surface area contributed by atoms with Crippen LogP contribution in [0.4, 0.5) is 10.1 Å².